The third-order valence-corrected chi connectivity index (χ3v) is 3.45. The summed E-state index contributed by atoms with van der Waals surface area (Å²) in [6.45, 7) is 0. The summed E-state index contributed by atoms with van der Waals surface area (Å²) in [4.78, 5) is 25.4. The third kappa shape index (κ3) is 2.59. The molecule has 0 fully saturated rings. The molecule has 0 saturated carbocycles. The lowest BCUT2D eigenvalue weighted by Crippen LogP contribution is -2.30. The topological polar surface area (TPSA) is 46.6 Å². The van der Waals surface area contributed by atoms with Crippen molar-refractivity contribution in [3.63, 3.8) is 0 Å². The summed E-state index contributed by atoms with van der Waals surface area (Å²) < 4.78 is 31.9. The zero-order chi connectivity index (χ0) is 16.6. The lowest BCUT2D eigenvalue weighted by atomic mass is 10.1. The Morgan fingerprint density at radius 3 is 2.48 bits per heavy atom. The number of ether oxygens (including phenoxy) is 1. The third-order valence-electron chi connectivity index (χ3n) is 3.45. The van der Waals surface area contributed by atoms with Crippen LogP contribution in [-0.4, -0.2) is 18.9 Å². The Morgan fingerprint density at radius 2 is 1.83 bits per heavy atom. The van der Waals surface area contributed by atoms with Gasteiger partial charge in [0.25, 0.3) is 11.8 Å². The van der Waals surface area contributed by atoms with Gasteiger partial charge in [0.15, 0.2) is 11.6 Å². The van der Waals surface area contributed by atoms with E-state index in [9.17, 15) is 18.4 Å². The molecule has 23 heavy (non-hydrogen) atoms. The summed E-state index contributed by atoms with van der Waals surface area (Å²) in [5, 5.41) is 0. The summed E-state index contributed by atoms with van der Waals surface area (Å²) in [5.74, 6) is -2.41. The molecule has 0 aliphatic carbocycles. The van der Waals surface area contributed by atoms with Crippen LogP contribution in [0.1, 0.15) is 5.56 Å². The highest BCUT2D eigenvalue weighted by Gasteiger charge is 2.33. The number of carbonyl (C=O) groups excluding carboxylic acids is 2. The van der Waals surface area contributed by atoms with Gasteiger partial charge >= 0.3 is 0 Å². The maximum atomic E-state index is 13.8. The van der Waals surface area contributed by atoms with E-state index in [-0.39, 0.29) is 22.6 Å². The molecule has 2 amide bonds. The molecule has 1 aliphatic heterocycles. The molecule has 0 unspecified atom stereocenters. The first-order chi connectivity index (χ1) is 11.0. The quantitative estimate of drug-likeness (QED) is 0.818. The largest absolute Gasteiger partial charge is 0.494 e. The minimum atomic E-state index is -0.643. The highest BCUT2D eigenvalue weighted by atomic mass is 19.1. The van der Waals surface area contributed by atoms with Gasteiger partial charge in [0.05, 0.1) is 18.4 Å². The van der Waals surface area contributed by atoms with Gasteiger partial charge < -0.3 is 4.74 Å². The zero-order valence-electron chi connectivity index (χ0n) is 12.0. The van der Waals surface area contributed by atoms with Gasteiger partial charge in [0.1, 0.15) is 5.82 Å². The van der Waals surface area contributed by atoms with Crippen LogP contribution in [0.4, 0.5) is 14.5 Å². The standard InChI is InChI=1S/C17H11F2NO3/c1-23-15-6-5-10(7-14(15)19)13-9-16(21)20(17(13)22)12-4-2-3-11(18)8-12/h2-9H,1H3. The molecule has 0 spiro atoms. The van der Waals surface area contributed by atoms with Crippen LogP contribution in [0.3, 0.4) is 0 Å². The van der Waals surface area contributed by atoms with Gasteiger partial charge in [0.2, 0.25) is 0 Å². The molecular formula is C17H11F2NO3. The maximum Gasteiger partial charge on any atom is 0.266 e. The van der Waals surface area contributed by atoms with Crippen molar-refractivity contribution in [3.8, 4) is 5.75 Å². The Bertz CT molecular complexity index is 845. The molecule has 6 heteroatoms. The van der Waals surface area contributed by atoms with Gasteiger partial charge in [-0.05, 0) is 35.9 Å². The van der Waals surface area contributed by atoms with E-state index in [1.54, 1.807) is 0 Å². The molecular weight excluding hydrogens is 304 g/mol. The summed E-state index contributed by atoms with van der Waals surface area (Å²) in [6, 6.07) is 9.11. The molecule has 2 aromatic carbocycles. The minimum Gasteiger partial charge on any atom is -0.494 e. The lowest BCUT2D eigenvalue weighted by molar-refractivity contribution is -0.119. The number of nitrogens with zero attached hydrogens (tertiary/aromatic N) is 1. The monoisotopic (exact) mass is 315 g/mol. The van der Waals surface area contributed by atoms with Crippen molar-refractivity contribution in [2.75, 3.05) is 12.0 Å². The van der Waals surface area contributed by atoms with E-state index < -0.39 is 23.4 Å². The molecule has 0 N–H and O–H groups in total. The average Bonchev–Trinajstić information content (AvgIpc) is 2.82. The van der Waals surface area contributed by atoms with Crippen LogP contribution in [0.5, 0.6) is 5.75 Å². The van der Waals surface area contributed by atoms with Crippen molar-refractivity contribution in [2.24, 2.45) is 0 Å². The van der Waals surface area contributed by atoms with E-state index in [0.717, 1.165) is 23.1 Å². The van der Waals surface area contributed by atoms with E-state index in [1.165, 1.54) is 37.4 Å². The van der Waals surface area contributed by atoms with Gasteiger partial charge in [-0.25, -0.2) is 13.7 Å². The summed E-state index contributed by atoms with van der Waals surface area (Å²) in [5.41, 5.74) is 0.418. The van der Waals surface area contributed by atoms with Crippen LogP contribution in [0.25, 0.3) is 5.57 Å². The molecule has 116 valence electrons. The van der Waals surface area contributed by atoms with Crippen molar-refractivity contribution < 1.29 is 23.1 Å². The molecule has 0 radical (unpaired) electrons. The van der Waals surface area contributed by atoms with Crippen LogP contribution in [-0.2, 0) is 9.59 Å². The van der Waals surface area contributed by atoms with Crippen molar-refractivity contribution in [1.82, 2.24) is 0 Å². The van der Waals surface area contributed by atoms with Crippen molar-refractivity contribution in [1.29, 1.82) is 0 Å². The minimum absolute atomic E-state index is 0.0353. The SMILES string of the molecule is COc1ccc(C2=CC(=O)N(c3cccc(F)c3)C2=O)cc1F. The summed E-state index contributed by atoms with van der Waals surface area (Å²) in [6.07, 6.45) is 1.11. The van der Waals surface area contributed by atoms with Crippen molar-refractivity contribution in [2.45, 2.75) is 0 Å². The van der Waals surface area contributed by atoms with E-state index >= 15 is 0 Å². The van der Waals surface area contributed by atoms with Gasteiger partial charge in [-0.15, -0.1) is 0 Å². The predicted molar refractivity (Wildman–Crippen MR) is 79.8 cm³/mol. The number of rotatable bonds is 3. The van der Waals surface area contributed by atoms with Gasteiger partial charge in [-0.2, -0.15) is 0 Å². The Kier molecular flexibility index (Phi) is 3.65. The van der Waals surface area contributed by atoms with E-state index in [4.69, 9.17) is 4.74 Å². The molecule has 0 bridgehead atoms. The number of methoxy groups -OCH3 is 1. The number of carbonyl (C=O) groups is 2. The number of imide groups is 1. The Labute approximate surface area is 130 Å². The fraction of sp³-hybridized carbons (Fsp3) is 0.0588. The smallest absolute Gasteiger partial charge is 0.266 e. The van der Waals surface area contributed by atoms with E-state index in [0.29, 0.717) is 0 Å². The number of benzene rings is 2. The number of anilines is 1. The normalized spacial score (nSPS) is 14.2. The summed E-state index contributed by atoms with van der Waals surface area (Å²) >= 11 is 0. The highest BCUT2D eigenvalue weighted by molar-refractivity contribution is 6.43. The second kappa shape index (κ2) is 5.64. The lowest BCUT2D eigenvalue weighted by Gasteiger charge is -2.15. The van der Waals surface area contributed by atoms with Crippen LogP contribution < -0.4 is 9.64 Å². The zero-order valence-corrected chi connectivity index (χ0v) is 12.0. The van der Waals surface area contributed by atoms with Crippen LogP contribution >= 0.6 is 0 Å². The van der Waals surface area contributed by atoms with Crippen LogP contribution in [0, 0.1) is 11.6 Å². The molecule has 4 nitrogen and oxygen atoms in total. The van der Waals surface area contributed by atoms with Crippen molar-refractivity contribution in [3.05, 3.63) is 65.7 Å². The van der Waals surface area contributed by atoms with Crippen molar-refractivity contribution >= 4 is 23.1 Å². The molecule has 1 heterocycles. The van der Waals surface area contributed by atoms with E-state index in [2.05, 4.69) is 0 Å². The number of halogens is 2. The molecule has 0 atom stereocenters. The molecule has 3 rings (SSSR count). The summed E-state index contributed by atoms with van der Waals surface area (Å²) in [7, 11) is 1.33. The van der Waals surface area contributed by atoms with Crippen LogP contribution in [0.2, 0.25) is 0 Å². The first kappa shape index (κ1) is 14.9. The number of hydrogen-bond donors (Lipinski definition) is 0. The number of hydrogen-bond acceptors (Lipinski definition) is 3. The van der Waals surface area contributed by atoms with Gasteiger partial charge in [0, 0.05) is 6.08 Å². The Hall–Kier alpha value is -3.02. The molecule has 0 aromatic heterocycles. The second-order valence-electron chi connectivity index (χ2n) is 4.87. The maximum absolute atomic E-state index is 13.8. The Morgan fingerprint density at radius 1 is 1.04 bits per heavy atom. The first-order valence-corrected chi connectivity index (χ1v) is 6.71. The fourth-order valence-electron chi connectivity index (χ4n) is 2.37. The van der Waals surface area contributed by atoms with E-state index in [1.807, 2.05) is 0 Å². The first-order valence-electron chi connectivity index (χ1n) is 6.71. The highest BCUT2D eigenvalue weighted by Crippen LogP contribution is 2.30. The van der Waals surface area contributed by atoms with Gasteiger partial charge in [-0.1, -0.05) is 12.1 Å². The Balaban J connectivity index is 1.97. The second-order valence-corrected chi connectivity index (χ2v) is 4.87. The molecule has 1 aliphatic rings. The van der Waals surface area contributed by atoms with Crippen LogP contribution in [0.15, 0.2) is 48.5 Å². The average molecular weight is 315 g/mol. The van der Waals surface area contributed by atoms with Gasteiger partial charge in [-0.3, -0.25) is 9.59 Å². The molecule has 2 aromatic rings. The fourth-order valence-corrected chi connectivity index (χ4v) is 2.37. The molecule has 0 saturated heterocycles. The predicted octanol–water partition coefficient (Wildman–Crippen LogP) is 2.93. The number of amides is 2.